The van der Waals surface area contributed by atoms with Crippen LogP contribution in [0.25, 0.3) is 0 Å². The number of carboxylic acids is 1. The maximum atomic E-state index is 11.6. The maximum absolute atomic E-state index is 11.6. The van der Waals surface area contributed by atoms with Crippen LogP contribution in [0.3, 0.4) is 0 Å². The molecule has 6 nitrogen and oxygen atoms in total. The molecule has 1 atom stereocenters. The molecule has 1 saturated heterocycles. The van der Waals surface area contributed by atoms with Gasteiger partial charge in [-0.3, -0.25) is 4.79 Å². The zero-order valence-electron chi connectivity index (χ0n) is 7.93. The molecule has 1 aliphatic rings. The summed E-state index contributed by atoms with van der Waals surface area (Å²) in [5, 5.41) is 10.3. The van der Waals surface area contributed by atoms with E-state index in [1.54, 1.807) is 0 Å². The predicted octanol–water partition coefficient (Wildman–Crippen LogP) is -1.31. The Kier molecular flexibility index (Phi) is 3.46. The quantitative estimate of drug-likeness (QED) is 0.619. The average molecular weight is 222 g/mol. The van der Waals surface area contributed by atoms with Crippen LogP contribution in [0.15, 0.2) is 0 Å². The molecule has 1 unspecified atom stereocenters. The summed E-state index contributed by atoms with van der Waals surface area (Å²) in [6, 6.07) is 0. The molecule has 1 aliphatic heterocycles. The number of rotatable bonds is 3. The Morgan fingerprint density at radius 1 is 1.43 bits per heavy atom. The zero-order chi connectivity index (χ0) is 10.8. The third-order valence-corrected chi connectivity index (χ3v) is 4.41. The van der Waals surface area contributed by atoms with Crippen LogP contribution in [0.2, 0.25) is 0 Å². The fourth-order valence-corrected chi connectivity index (χ4v) is 2.64. The molecule has 0 bridgehead atoms. The van der Waals surface area contributed by atoms with Crippen LogP contribution < -0.4 is 5.32 Å². The van der Waals surface area contributed by atoms with E-state index in [1.807, 2.05) is 0 Å². The molecular weight excluding hydrogens is 208 g/mol. The van der Waals surface area contributed by atoms with Crippen LogP contribution in [0.5, 0.6) is 0 Å². The highest BCUT2D eigenvalue weighted by atomic mass is 32.2. The van der Waals surface area contributed by atoms with Gasteiger partial charge in [0, 0.05) is 26.2 Å². The van der Waals surface area contributed by atoms with Crippen LogP contribution in [0, 0.1) is 0 Å². The summed E-state index contributed by atoms with van der Waals surface area (Å²) in [5.74, 6) is -1.30. The molecule has 0 aromatic carbocycles. The molecule has 0 aromatic heterocycles. The fraction of sp³-hybridized carbons (Fsp3) is 0.857. The smallest absolute Gasteiger partial charge is 0.323 e. The van der Waals surface area contributed by atoms with E-state index in [2.05, 4.69) is 5.32 Å². The number of sulfonamides is 1. The molecule has 0 amide bonds. The second-order valence-corrected chi connectivity index (χ2v) is 5.43. The number of nitrogens with zero attached hydrogens (tertiary/aromatic N) is 1. The van der Waals surface area contributed by atoms with Gasteiger partial charge in [0.15, 0.2) is 5.25 Å². The van der Waals surface area contributed by atoms with E-state index in [-0.39, 0.29) is 0 Å². The predicted molar refractivity (Wildman–Crippen MR) is 50.5 cm³/mol. The minimum atomic E-state index is -3.67. The standard InChI is InChI=1S/C7H14N2O4S/c1-6(7(10)11)14(12,13)9-4-2-8-3-5-9/h6,8H,2-5H2,1H3,(H,10,11). The van der Waals surface area contributed by atoms with Gasteiger partial charge < -0.3 is 10.4 Å². The molecule has 14 heavy (non-hydrogen) atoms. The number of carboxylic acid groups (broad SMARTS) is 1. The molecule has 0 aromatic rings. The maximum Gasteiger partial charge on any atom is 0.323 e. The Balaban J connectivity index is 2.78. The molecule has 1 rings (SSSR count). The molecule has 0 spiro atoms. The molecule has 0 radical (unpaired) electrons. The normalized spacial score (nSPS) is 21.8. The number of nitrogens with one attached hydrogen (secondary N) is 1. The van der Waals surface area contributed by atoms with Crippen molar-refractivity contribution in [1.82, 2.24) is 9.62 Å². The summed E-state index contributed by atoms with van der Waals surface area (Å²) < 4.78 is 24.5. The van der Waals surface area contributed by atoms with Gasteiger partial charge in [0.2, 0.25) is 10.0 Å². The Labute approximate surface area is 82.9 Å². The van der Waals surface area contributed by atoms with Crippen LogP contribution in [-0.4, -0.2) is 55.2 Å². The van der Waals surface area contributed by atoms with E-state index in [4.69, 9.17) is 5.11 Å². The number of hydrogen-bond donors (Lipinski definition) is 2. The van der Waals surface area contributed by atoms with Crippen molar-refractivity contribution in [3.8, 4) is 0 Å². The van der Waals surface area contributed by atoms with Gasteiger partial charge in [-0.15, -0.1) is 0 Å². The van der Waals surface area contributed by atoms with Crippen molar-refractivity contribution < 1.29 is 18.3 Å². The first-order valence-corrected chi connectivity index (χ1v) is 5.89. The first-order valence-electron chi connectivity index (χ1n) is 4.38. The van der Waals surface area contributed by atoms with Crippen LogP contribution in [-0.2, 0) is 14.8 Å². The number of piperazine rings is 1. The van der Waals surface area contributed by atoms with Gasteiger partial charge in [0.05, 0.1) is 0 Å². The van der Waals surface area contributed by atoms with E-state index in [1.165, 1.54) is 11.2 Å². The summed E-state index contributed by atoms with van der Waals surface area (Å²) in [6.07, 6.45) is 0. The minimum absolute atomic E-state index is 0.347. The molecule has 82 valence electrons. The van der Waals surface area contributed by atoms with Gasteiger partial charge in [0.1, 0.15) is 0 Å². The van der Waals surface area contributed by atoms with Crippen LogP contribution >= 0.6 is 0 Å². The highest BCUT2D eigenvalue weighted by molar-refractivity contribution is 7.90. The van der Waals surface area contributed by atoms with E-state index in [9.17, 15) is 13.2 Å². The van der Waals surface area contributed by atoms with E-state index in [0.717, 1.165) is 0 Å². The molecule has 2 N–H and O–H groups in total. The summed E-state index contributed by atoms with van der Waals surface area (Å²) in [6.45, 7) is 3.04. The lowest BCUT2D eigenvalue weighted by Crippen LogP contribution is -2.50. The molecule has 1 fully saturated rings. The van der Waals surface area contributed by atoms with Crippen molar-refractivity contribution in [2.24, 2.45) is 0 Å². The average Bonchev–Trinajstić information content (AvgIpc) is 2.18. The first kappa shape index (κ1) is 11.4. The zero-order valence-corrected chi connectivity index (χ0v) is 8.75. The fourth-order valence-electron chi connectivity index (χ4n) is 1.25. The van der Waals surface area contributed by atoms with Crippen molar-refractivity contribution >= 4 is 16.0 Å². The Morgan fingerprint density at radius 3 is 2.36 bits per heavy atom. The van der Waals surface area contributed by atoms with Crippen molar-refractivity contribution in [2.75, 3.05) is 26.2 Å². The lowest BCUT2D eigenvalue weighted by molar-refractivity contribution is -0.136. The summed E-state index contributed by atoms with van der Waals surface area (Å²) in [5.41, 5.74) is 0. The van der Waals surface area contributed by atoms with Crippen molar-refractivity contribution in [2.45, 2.75) is 12.2 Å². The van der Waals surface area contributed by atoms with E-state index in [0.29, 0.717) is 26.2 Å². The van der Waals surface area contributed by atoms with Crippen LogP contribution in [0.1, 0.15) is 6.92 Å². The van der Waals surface area contributed by atoms with E-state index < -0.39 is 21.2 Å². The highest BCUT2D eigenvalue weighted by Gasteiger charge is 2.34. The Morgan fingerprint density at radius 2 is 1.93 bits per heavy atom. The van der Waals surface area contributed by atoms with Gasteiger partial charge in [0.25, 0.3) is 0 Å². The number of hydrogen-bond acceptors (Lipinski definition) is 4. The monoisotopic (exact) mass is 222 g/mol. The summed E-state index contributed by atoms with van der Waals surface area (Å²) >= 11 is 0. The highest BCUT2D eigenvalue weighted by Crippen LogP contribution is 2.09. The van der Waals surface area contributed by atoms with Gasteiger partial charge in [-0.25, -0.2) is 8.42 Å². The van der Waals surface area contributed by atoms with Crippen LogP contribution in [0.4, 0.5) is 0 Å². The Hall–Kier alpha value is -0.660. The topological polar surface area (TPSA) is 86.7 Å². The third kappa shape index (κ3) is 2.23. The van der Waals surface area contributed by atoms with Crippen molar-refractivity contribution in [3.63, 3.8) is 0 Å². The second kappa shape index (κ2) is 4.24. The third-order valence-electron chi connectivity index (χ3n) is 2.23. The van der Waals surface area contributed by atoms with Gasteiger partial charge >= 0.3 is 5.97 Å². The molecule has 1 heterocycles. The summed E-state index contributed by atoms with van der Waals surface area (Å²) in [7, 11) is -3.67. The van der Waals surface area contributed by atoms with E-state index >= 15 is 0 Å². The summed E-state index contributed by atoms with van der Waals surface area (Å²) in [4.78, 5) is 10.6. The minimum Gasteiger partial charge on any atom is -0.480 e. The van der Waals surface area contributed by atoms with Crippen molar-refractivity contribution in [1.29, 1.82) is 0 Å². The van der Waals surface area contributed by atoms with Gasteiger partial charge in [-0.05, 0) is 6.92 Å². The molecule has 0 saturated carbocycles. The van der Waals surface area contributed by atoms with Gasteiger partial charge in [-0.1, -0.05) is 0 Å². The lowest BCUT2D eigenvalue weighted by atomic mass is 10.4. The Bertz CT molecular complexity index is 308. The molecule has 7 heteroatoms. The SMILES string of the molecule is CC(C(=O)O)S(=O)(=O)N1CCNCC1. The molecular formula is C7H14N2O4S. The van der Waals surface area contributed by atoms with Crippen molar-refractivity contribution in [3.05, 3.63) is 0 Å². The first-order chi connectivity index (χ1) is 6.46. The molecule has 0 aliphatic carbocycles. The number of aliphatic carboxylic acids is 1. The second-order valence-electron chi connectivity index (χ2n) is 3.17. The lowest BCUT2D eigenvalue weighted by Gasteiger charge is -2.27. The van der Waals surface area contributed by atoms with Gasteiger partial charge in [-0.2, -0.15) is 4.31 Å². The number of carbonyl (C=O) groups is 1. The largest absolute Gasteiger partial charge is 0.480 e.